The van der Waals surface area contributed by atoms with E-state index in [0.717, 1.165) is 11.4 Å². The first-order valence-corrected chi connectivity index (χ1v) is 7.28. The number of imidazole rings is 1. The SMILES string of the molecule is CNC(=O)C(C)n1ccnc1-c1ccc(SC)cc1. The number of amides is 1. The molecule has 2 rings (SSSR count). The molecule has 100 valence electrons. The predicted molar refractivity (Wildman–Crippen MR) is 78.2 cm³/mol. The molecule has 2 aromatic rings. The maximum Gasteiger partial charge on any atom is 0.242 e. The Balaban J connectivity index is 2.35. The Labute approximate surface area is 117 Å². The van der Waals surface area contributed by atoms with Gasteiger partial charge in [0.25, 0.3) is 0 Å². The third-order valence-electron chi connectivity index (χ3n) is 3.06. The lowest BCUT2D eigenvalue weighted by molar-refractivity contribution is -0.123. The molecule has 5 heteroatoms. The topological polar surface area (TPSA) is 46.9 Å². The van der Waals surface area contributed by atoms with Gasteiger partial charge in [0.05, 0.1) is 0 Å². The predicted octanol–water partition coefficient (Wildman–Crippen LogP) is 2.58. The van der Waals surface area contributed by atoms with Gasteiger partial charge in [-0.05, 0) is 25.3 Å². The molecule has 4 nitrogen and oxygen atoms in total. The van der Waals surface area contributed by atoms with E-state index in [1.807, 2.05) is 36.1 Å². The summed E-state index contributed by atoms with van der Waals surface area (Å²) in [7, 11) is 1.64. The molecule has 0 spiro atoms. The average Bonchev–Trinajstić information content (AvgIpc) is 2.95. The van der Waals surface area contributed by atoms with Gasteiger partial charge in [0, 0.05) is 29.9 Å². The highest BCUT2D eigenvalue weighted by Gasteiger charge is 2.17. The second kappa shape index (κ2) is 5.93. The van der Waals surface area contributed by atoms with Crippen LogP contribution in [0.3, 0.4) is 0 Å². The van der Waals surface area contributed by atoms with Crippen molar-refractivity contribution in [3.63, 3.8) is 0 Å². The summed E-state index contributed by atoms with van der Waals surface area (Å²) in [6.07, 6.45) is 5.60. The molecule has 0 aliphatic rings. The second-order valence-electron chi connectivity index (χ2n) is 4.18. The molecule has 1 N–H and O–H groups in total. The first kappa shape index (κ1) is 13.7. The summed E-state index contributed by atoms with van der Waals surface area (Å²) in [5, 5.41) is 2.66. The third kappa shape index (κ3) is 2.81. The number of aromatic nitrogens is 2. The molecular weight excluding hydrogens is 258 g/mol. The Morgan fingerprint density at radius 3 is 2.63 bits per heavy atom. The highest BCUT2D eigenvalue weighted by Crippen LogP contribution is 2.24. The Kier molecular flexibility index (Phi) is 4.27. The first-order valence-electron chi connectivity index (χ1n) is 6.06. The molecule has 0 aliphatic heterocycles. The van der Waals surface area contributed by atoms with E-state index in [-0.39, 0.29) is 11.9 Å². The number of carbonyl (C=O) groups is 1. The van der Waals surface area contributed by atoms with Crippen molar-refractivity contribution in [1.82, 2.24) is 14.9 Å². The lowest BCUT2D eigenvalue weighted by Gasteiger charge is -2.15. The summed E-state index contributed by atoms with van der Waals surface area (Å²) in [5.74, 6) is 0.781. The van der Waals surface area contributed by atoms with Crippen molar-refractivity contribution in [3.8, 4) is 11.4 Å². The number of nitrogens with zero attached hydrogens (tertiary/aromatic N) is 2. The van der Waals surface area contributed by atoms with Gasteiger partial charge in [-0.3, -0.25) is 4.79 Å². The summed E-state index contributed by atoms with van der Waals surface area (Å²) in [5.41, 5.74) is 1.01. The van der Waals surface area contributed by atoms with E-state index in [4.69, 9.17) is 0 Å². The minimum atomic E-state index is -0.275. The molecule has 0 radical (unpaired) electrons. The van der Waals surface area contributed by atoms with Crippen molar-refractivity contribution in [2.24, 2.45) is 0 Å². The summed E-state index contributed by atoms with van der Waals surface area (Å²) in [6.45, 7) is 1.86. The van der Waals surface area contributed by atoms with Crippen LogP contribution in [0.1, 0.15) is 13.0 Å². The van der Waals surface area contributed by atoms with E-state index in [0.29, 0.717) is 0 Å². The van der Waals surface area contributed by atoms with Crippen LogP contribution in [0, 0.1) is 0 Å². The van der Waals surface area contributed by atoms with Crippen LogP contribution in [0.15, 0.2) is 41.6 Å². The summed E-state index contributed by atoms with van der Waals surface area (Å²) >= 11 is 1.70. The van der Waals surface area contributed by atoms with E-state index >= 15 is 0 Å². The average molecular weight is 275 g/mol. The normalized spacial score (nSPS) is 12.2. The van der Waals surface area contributed by atoms with Gasteiger partial charge in [-0.2, -0.15) is 0 Å². The number of hydrogen-bond donors (Lipinski definition) is 1. The van der Waals surface area contributed by atoms with Crippen molar-refractivity contribution in [3.05, 3.63) is 36.7 Å². The molecule has 0 bridgehead atoms. The van der Waals surface area contributed by atoms with Crippen molar-refractivity contribution >= 4 is 17.7 Å². The molecule has 0 saturated carbocycles. The summed E-state index contributed by atoms with van der Waals surface area (Å²) in [4.78, 5) is 17.3. The number of likely N-dealkylation sites (N-methyl/N-ethyl adjacent to an activating group) is 1. The largest absolute Gasteiger partial charge is 0.357 e. The molecule has 0 saturated heterocycles. The van der Waals surface area contributed by atoms with E-state index in [2.05, 4.69) is 22.4 Å². The monoisotopic (exact) mass is 275 g/mol. The smallest absolute Gasteiger partial charge is 0.242 e. The number of benzene rings is 1. The van der Waals surface area contributed by atoms with Crippen LogP contribution < -0.4 is 5.32 Å². The molecule has 1 heterocycles. The number of thioether (sulfide) groups is 1. The van der Waals surface area contributed by atoms with Crippen LogP contribution in [0.2, 0.25) is 0 Å². The summed E-state index contributed by atoms with van der Waals surface area (Å²) < 4.78 is 1.88. The standard InChI is InChI=1S/C14H17N3OS/c1-10(14(18)15-2)17-9-8-16-13(17)11-4-6-12(19-3)7-5-11/h4-10H,1-3H3,(H,15,18). The van der Waals surface area contributed by atoms with Crippen LogP contribution >= 0.6 is 11.8 Å². The van der Waals surface area contributed by atoms with E-state index in [1.165, 1.54) is 4.90 Å². The first-order chi connectivity index (χ1) is 9.17. The zero-order valence-electron chi connectivity index (χ0n) is 11.3. The number of nitrogens with one attached hydrogen (secondary N) is 1. The van der Waals surface area contributed by atoms with E-state index in [1.54, 1.807) is 25.0 Å². The molecule has 0 fully saturated rings. The van der Waals surface area contributed by atoms with Crippen LogP contribution in [0.25, 0.3) is 11.4 Å². The Morgan fingerprint density at radius 2 is 2.05 bits per heavy atom. The minimum Gasteiger partial charge on any atom is -0.357 e. The Morgan fingerprint density at radius 1 is 1.37 bits per heavy atom. The molecule has 19 heavy (non-hydrogen) atoms. The third-order valence-corrected chi connectivity index (χ3v) is 3.80. The zero-order chi connectivity index (χ0) is 13.8. The van der Waals surface area contributed by atoms with Gasteiger partial charge in [-0.15, -0.1) is 11.8 Å². The van der Waals surface area contributed by atoms with Gasteiger partial charge in [0.1, 0.15) is 11.9 Å². The Hall–Kier alpha value is -1.75. The number of carbonyl (C=O) groups excluding carboxylic acids is 1. The van der Waals surface area contributed by atoms with Gasteiger partial charge in [0.15, 0.2) is 0 Å². The van der Waals surface area contributed by atoms with Crippen molar-refractivity contribution < 1.29 is 4.79 Å². The molecule has 1 aromatic carbocycles. The second-order valence-corrected chi connectivity index (χ2v) is 5.06. The lowest BCUT2D eigenvalue weighted by atomic mass is 10.2. The van der Waals surface area contributed by atoms with Gasteiger partial charge in [-0.1, -0.05) is 12.1 Å². The molecule has 0 aliphatic carbocycles. The van der Waals surface area contributed by atoms with Crippen molar-refractivity contribution in [2.45, 2.75) is 17.9 Å². The Bertz CT molecular complexity index is 562. The summed E-state index contributed by atoms with van der Waals surface area (Å²) in [6, 6.07) is 7.90. The molecule has 1 atom stereocenters. The number of rotatable bonds is 4. The molecule has 1 unspecified atom stereocenters. The van der Waals surface area contributed by atoms with Gasteiger partial charge >= 0.3 is 0 Å². The van der Waals surface area contributed by atoms with E-state index < -0.39 is 0 Å². The maximum atomic E-state index is 11.7. The fourth-order valence-corrected chi connectivity index (χ4v) is 2.33. The van der Waals surface area contributed by atoms with Crippen molar-refractivity contribution in [1.29, 1.82) is 0 Å². The maximum absolute atomic E-state index is 11.7. The van der Waals surface area contributed by atoms with Crippen LogP contribution in [0.4, 0.5) is 0 Å². The van der Waals surface area contributed by atoms with Gasteiger partial charge < -0.3 is 9.88 Å². The lowest BCUT2D eigenvalue weighted by Crippen LogP contribution is -2.27. The molecule has 1 aromatic heterocycles. The number of hydrogen-bond acceptors (Lipinski definition) is 3. The molecule has 1 amide bonds. The van der Waals surface area contributed by atoms with E-state index in [9.17, 15) is 4.79 Å². The quantitative estimate of drug-likeness (QED) is 0.872. The minimum absolute atomic E-state index is 0.0278. The van der Waals surface area contributed by atoms with Crippen molar-refractivity contribution in [2.75, 3.05) is 13.3 Å². The highest BCUT2D eigenvalue weighted by molar-refractivity contribution is 7.98. The molecular formula is C14H17N3OS. The fraction of sp³-hybridized carbons (Fsp3) is 0.286. The van der Waals surface area contributed by atoms with Gasteiger partial charge in [-0.25, -0.2) is 4.98 Å². The fourth-order valence-electron chi connectivity index (χ4n) is 1.92. The van der Waals surface area contributed by atoms with Gasteiger partial charge in [0.2, 0.25) is 5.91 Å². The van der Waals surface area contributed by atoms with Crippen LogP contribution in [-0.4, -0.2) is 28.8 Å². The van der Waals surface area contributed by atoms with Crippen LogP contribution in [-0.2, 0) is 4.79 Å². The zero-order valence-corrected chi connectivity index (χ0v) is 12.1. The highest BCUT2D eigenvalue weighted by atomic mass is 32.2. The van der Waals surface area contributed by atoms with Crippen LogP contribution in [0.5, 0.6) is 0 Å².